The molecule has 6 heteroatoms. The van der Waals surface area contributed by atoms with Crippen LogP contribution in [0.4, 0.5) is 0 Å². The lowest BCUT2D eigenvalue weighted by molar-refractivity contribution is -0.145. The Kier molecular flexibility index (Phi) is 3.80. The summed E-state index contributed by atoms with van der Waals surface area (Å²) in [6, 6.07) is 0.244. The molecule has 0 amide bonds. The molecule has 1 saturated carbocycles. The van der Waals surface area contributed by atoms with Gasteiger partial charge >= 0.3 is 5.97 Å². The number of methoxy groups -OCH3 is 1. The fourth-order valence-electron chi connectivity index (χ4n) is 2.81. The molecule has 0 saturated heterocycles. The predicted octanol–water partition coefficient (Wildman–Crippen LogP) is 1.44. The van der Waals surface area contributed by atoms with Crippen LogP contribution in [0.5, 0.6) is 5.75 Å². The van der Waals surface area contributed by atoms with Gasteiger partial charge in [-0.15, -0.1) is 0 Å². The van der Waals surface area contributed by atoms with Crippen molar-refractivity contribution in [3.63, 3.8) is 0 Å². The Morgan fingerprint density at radius 1 is 1.68 bits per heavy atom. The summed E-state index contributed by atoms with van der Waals surface area (Å²) < 4.78 is 6.91. The molecule has 1 aliphatic carbocycles. The number of rotatable bonds is 5. The van der Waals surface area contributed by atoms with Crippen LogP contribution in [0.3, 0.4) is 0 Å². The van der Waals surface area contributed by atoms with Gasteiger partial charge in [-0.2, -0.15) is 5.10 Å². The highest BCUT2D eigenvalue weighted by Crippen LogP contribution is 2.38. The van der Waals surface area contributed by atoms with Gasteiger partial charge in [0.2, 0.25) is 0 Å². The zero-order valence-electron chi connectivity index (χ0n) is 11.6. The zero-order chi connectivity index (χ0) is 14.0. The number of carboxylic acids is 1. The lowest BCUT2D eigenvalue weighted by atomic mass is 9.96. The molecule has 1 fully saturated rings. The summed E-state index contributed by atoms with van der Waals surface area (Å²) in [5.74, 6) is -0.0764. The monoisotopic (exact) mass is 267 g/mol. The van der Waals surface area contributed by atoms with Gasteiger partial charge in [0.25, 0.3) is 0 Å². The second-order valence-electron chi connectivity index (χ2n) is 5.44. The van der Waals surface area contributed by atoms with Gasteiger partial charge in [0.05, 0.1) is 25.5 Å². The molecule has 2 atom stereocenters. The van der Waals surface area contributed by atoms with Gasteiger partial charge in [-0.3, -0.25) is 14.8 Å². The largest absolute Gasteiger partial charge is 0.493 e. The van der Waals surface area contributed by atoms with Crippen molar-refractivity contribution >= 4 is 5.97 Å². The molecule has 0 radical (unpaired) electrons. The smallest absolute Gasteiger partial charge is 0.323 e. The topological polar surface area (TPSA) is 76.4 Å². The van der Waals surface area contributed by atoms with Crippen LogP contribution in [-0.2, 0) is 4.79 Å². The van der Waals surface area contributed by atoms with Crippen LogP contribution < -0.4 is 10.1 Å². The normalized spacial score (nSPS) is 26.8. The molecule has 106 valence electrons. The Morgan fingerprint density at radius 3 is 2.95 bits per heavy atom. The number of carboxylic acid groups (broad SMARTS) is 1. The zero-order valence-corrected chi connectivity index (χ0v) is 11.6. The van der Waals surface area contributed by atoms with Crippen molar-refractivity contribution in [1.29, 1.82) is 0 Å². The molecule has 1 heterocycles. The fourth-order valence-corrected chi connectivity index (χ4v) is 2.81. The molecule has 0 spiro atoms. The van der Waals surface area contributed by atoms with E-state index in [1.165, 1.54) is 0 Å². The fraction of sp³-hybridized carbons (Fsp3) is 0.692. The number of hydrogen-bond acceptors (Lipinski definition) is 4. The molecular weight excluding hydrogens is 246 g/mol. The summed E-state index contributed by atoms with van der Waals surface area (Å²) in [6.07, 6.45) is 5.43. The van der Waals surface area contributed by atoms with Crippen LogP contribution in [0.15, 0.2) is 12.4 Å². The van der Waals surface area contributed by atoms with E-state index in [4.69, 9.17) is 4.74 Å². The minimum Gasteiger partial charge on any atom is -0.493 e. The molecule has 0 aromatic carbocycles. The van der Waals surface area contributed by atoms with Crippen LogP contribution in [0.1, 0.15) is 39.2 Å². The first-order valence-electron chi connectivity index (χ1n) is 6.56. The second kappa shape index (κ2) is 5.21. The first kappa shape index (κ1) is 13.9. The quantitative estimate of drug-likeness (QED) is 0.844. The maximum absolute atomic E-state index is 11.6. The molecule has 19 heavy (non-hydrogen) atoms. The first-order chi connectivity index (χ1) is 8.97. The molecule has 2 rings (SSSR count). The van der Waals surface area contributed by atoms with Gasteiger partial charge in [-0.1, -0.05) is 0 Å². The molecular formula is C13H21N3O3. The highest BCUT2D eigenvalue weighted by Gasteiger charge is 2.46. The number of nitrogens with one attached hydrogen (secondary N) is 1. The van der Waals surface area contributed by atoms with Crippen LogP contribution in [0.25, 0.3) is 0 Å². The maximum atomic E-state index is 11.6. The van der Waals surface area contributed by atoms with Crippen molar-refractivity contribution in [1.82, 2.24) is 15.1 Å². The van der Waals surface area contributed by atoms with E-state index < -0.39 is 11.5 Å². The molecule has 1 aromatic rings. The number of carbonyl (C=O) groups is 1. The third kappa shape index (κ3) is 2.73. The SMILES string of the molecule is COc1cnn(C2CCC(NC(C)C)(C(=O)O)C2)c1. The summed E-state index contributed by atoms with van der Waals surface area (Å²) in [6.45, 7) is 3.93. The third-order valence-corrected chi connectivity index (χ3v) is 3.65. The minimum absolute atomic E-state index is 0.103. The van der Waals surface area contributed by atoms with Crippen molar-refractivity contribution in [2.24, 2.45) is 0 Å². The minimum atomic E-state index is -0.835. The van der Waals surface area contributed by atoms with Crippen LogP contribution >= 0.6 is 0 Å². The van der Waals surface area contributed by atoms with E-state index in [2.05, 4.69) is 10.4 Å². The van der Waals surface area contributed by atoms with Crippen molar-refractivity contribution in [3.05, 3.63) is 12.4 Å². The molecule has 2 unspecified atom stereocenters. The van der Waals surface area contributed by atoms with E-state index in [-0.39, 0.29) is 12.1 Å². The van der Waals surface area contributed by atoms with Gasteiger partial charge in [0, 0.05) is 6.04 Å². The van der Waals surface area contributed by atoms with Gasteiger partial charge in [-0.05, 0) is 33.1 Å². The van der Waals surface area contributed by atoms with Crippen LogP contribution in [-0.4, -0.2) is 39.5 Å². The van der Waals surface area contributed by atoms with Crippen molar-refractivity contribution in [3.8, 4) is 5.75 Å². The van der Waals surface area contributed by atoms with Gasteiger partial charge in [0.15, 0.2) is 5.75 Å². The summed E-state index contributed by atoms with van der Waals surface area (Å²) >= 11 is 0. The number of hydrogen-bond donors (Lipinski definition) is 2. The van der Waals surface area contributed by atoms with Crippen LogP contribution in [0.2, 0.25) is 0 Å². The Labute approximate surface area is 112 Å². The van der Waals surface area contributed by atoms with Crippen molar-refractivity contribution < 1.29 is 14.6 Å². The predicted molar refractivity (Wildman–Crippen MR) is 70.3 cm³/mol. The highest BCUT2D eigenvalue weighted by molar-refractivity contribution is 5.79. The summed E-state index contributed by atoms with van der Waals surface area (Å²) in [4.78, 5) is 11.6. The Morgan fingerprint density at radius 2 is 2.42 bits per heavy atom. The summed E-state index contributed by atoms with van der Waals surface area (Å²) in [5.41, 5.74) is -0.835. The average molecular weight is 267 g/mol. The lowest BCUT2D eigenvalue weighted by Crippen LogP contribution is -2.53. The Hall–Kier alpha value is -1.56. The van der Waals surface area contributed by atoms with E-state index in [0.717, 1.165) is 6.42 Å². The first-order valence-corrected chi connectivity index (χ1v) is 6.56. The van der Waals surface area contributed by atoms with Crippen LogP contribution in [0, 0.1) is 0 Å². The standard InChI is InChI=1S/C13H21N3O3/c1-9(2)15-13(12(17)18)5-4-10(6-13)16-8-11(19-3)7-14-16/h7-10,15H,4-6H2,1-3H3,(H,17,18). The lowest BCUT2D eigenvalue weighted by Gasteiger charge is -2.28. The average Bonchev–Trinajstić information content (AvgIpc) is 2.94. The van der Waals surface area contributed by atoms with E-state index in [1.54, 1.807) is 13.3 Å². The van der Waals surface area contributed by atoms with Gasteiger partial charge in [0.1, 0.15) is 5.54 Å². The number of aromatic nitrogens is 2. The molecule has 1 aliphatic rings. The Bertz CT molecular complexity index is 458. The Balaban J connectivity index is 2.14. The molecule has 0 aliphatic heterocycles. The number of nitrogens with zero attached hydrogens (tertiary/aromatic N) is 2. The summed E-state index contributed by atoms with van der Waals surface area (Å²) in [5, 5.41) is 17.0. The van der Waals surface area contributed by atoms with Crippen molar-refractivity contribution in [2.45, 2.75) is 50.7 Å². The van der Waals surface area contributed by atoms with Gasteiger partial charge in [-0.25, -0.2) is 0 Å². The second-order valence-corrected chi connectivity index (χ2v) is 5.44. The maximum Gasteiger partial charge on any atom is 0.323 e. The molecule has 6 nitrogen and oxygen atoms in total. The summed E-state index contributed by atoms with van der Waals surface area (Å²) in [7, 11) is 1.60. The van der Waals surface area contributed by atoms with E-state index in [9.17, 15) is 9.90 Å². The van der Waals surface area contributed by atoms with Gasteiger partial charge < -0.3 is 9.84 Å². The third-order valence-electron chi connectivity index (χ3n) is 3.65. The van der Waals surface area contributed by atoms with E-state index in [0.29, 0.717) is 18.6 Å². The highest BCUT2D eigenvalue weighted by atomic mass is 16.5. The molecule has 0 bridgehead atoms. The van der Waals surface area contributed by atoms with E-state index in [1.807, 2.05) is 24.7 Å². The number of aliphatic carboxylic acids is 1. The molecule has 2 N–H and O–H groups in total. The molecule has 1 aromatic heterocycles. The van der Waals surface area contributed by atoms with E-state index >= 15 is 0 Å². The number of ether oxygens (including phenoxy) is 1. The van der Waals surface area contributed by atoms with Crippen molar-refractivity contribution in [2.75, 3.05) is 7.11 Å².